The Kier molecular flexibility index (Phi) is 6.44. The smallest absolute Gasteiger partial charge is 0.371 e. The topological polar surface area (TPSA) is 64.9 Å². The second-order valence-electron chi connectivity index (χ2n) is 10.2. The molecule has 3 aliphatic heterocycles. The number of hydrogen-bond donors (Lipinski definition) is 0. The van der Waals surface area contributed by atoms with Crippen molar-refractivity contribution in [3.8, 4) is 0 Å². The first-order valence-electron chi connectivity index (χ1n) is 12.4. The molecule has 194 valence electrons. The van der Waals surface area contributed by atoms with Crippen molar-refractivity contribution in [2.75, 3.05) is 56.1 Å². The molecule has 5 rings (SSSR count). The van der Waals surface area contributed by atoms with Crippen molar-refractivity contribution < 1.29 is 22.8 Å². The Bertz CT molecular complexity index is 1130. The van der Waals surface area contributed by atoms with E-state index in [9.17, 15) is 22.8 Å². The number of anilines is 2. The summed E-state index contributed by atoms with van der Waals surface area (Å²) in [7, 11) is 1.63. The first-order valence-corrected chi connectivity index (χ1v) is 12.4. The summed E-state index contributed by atoms with van der Waals surface area (Å²) in [4.78, 5) is 32.2. The van der Waals surface area contributed by atoms with Gasteiger partial charge in [-0.15, -0.1) is 0 Å². The molecule has 2 atom stereocenters. The first kappa shape index (κ1) is 24.6. The van der Waals surface area contributed by atoms with Gasteiger partial charge in [0.15, 0.2) is 0 Å². The summed E-state index contributed by atoms with van der Waals surface area (Å²) in [6.07, 6.45) is 0.789. The molecule has 2 aromatic rings. The van der Waals surface area contributed by atoms with Crippen LogP contribution in [0.25, 0.3) is 0 Å². The zero-order valence-corrected chi connectivity index (χ0v) is 20.5. The molecular weight excluding hydrogens is 473 g/mol. The molecule has 8 nitrogen and oxygen atoms in total. The Hall–Kier alpha value is -3.08. The molecule has 3 fully saturated rings. The number of fused-ring (bicyclic) bond motifs is 1. The van der Waals surface area contributed by atoms with Gasteiger partial charge >= 0.3 is 12.2 Å². The lowest BCUT2D eigenvalue weighted by Gasteiger charge is -2.26. The van der Waals surface area contributed by atoms with Crippen LogP contribution >= 0.6 is 0 Å². The SMILES string of the molecule is CC(=O)N(C)c1cnn(C(=O)N2CC3CN(Cc4cc(C(F)(F)F)ccc4N4CCCC4)CC3C2)c1. The number of alkyl halides is 3. The molecule has 0 saturated carbocycles. The number of nitrogens with zero attached hydrogens (tertiary/aromatic N) is 6. The van der Waals surface area contributed by atoms with Gasteiger partial charge in [-0.3, -0.25) is 9.69 Å². The highest BCUT2D eigenvalue weighted by atomic mass is 19.4. The van der Waals surface area contributed by atoms with Crippen molar-refractivity contribution in [3.63, 3.8) is 0 Å². The highest BCUT2D eigenvalue weighted by molar-refractivity contribution is 5.91. The zero-order valence-electron chi connectivity index (χ0n) is 20.5. The van der Waals surface area contributed by atoms with Crippen LogP contribution in [0.5, 0.6) is 0 Å². The van der Waals surface area contributed by atoms with Gasteiger partial charge in [-0.1, -0.05) is 0 Å². The summed E-state index contributed by atoms with van der Waals surface area (Å²) < 4.78 is 41.6. The van der Waals surface area contributed by atoms with E-state index in [1.165, 1.54) is 34.8 Å². The van der Waals surface area contributed by atoms with Crippen LogP contribution in [0.4, 0.5) is 29.3 Å². The van der Waals surface area contributed by atoms with Crippen LogP contribution in [0.2, 0.25) is 0 Å². The maximum Gasteiger partial charge on any atom is 0.416 e. The molecule has 1 aromatic carbocycles. The van der Waals surface area contributed by atoms with Gasteiger partial charge in [0.05, 0.1) is 23.6 Å². The van der Waals surface area contributed by atoms with E-state index < -0.39 is 11.7 Å². The zero-order chi connectivity index (χ0) is 25.6. The number of carbonyl (C=O) groups is 2. The van der Waals surface area contributed by atoms with Crippen molar-refractivity contribution in [1.29, 1.82) is 0 Å². The van der Waals surface area contributed by atoms with E-state index in [2.05, 4.69) is 14.9 Å². The summed E-state index contributed by atoms with van der Waals surface area (Å²) in [5.41, 5.74) is 1.57. The summed E-state index contributed by atoms with van der Waals surface area (Å²) in [6.45, 7) is 6.30. The van der Waals surface area contributed by atoms with Crippen molar-refractivity contribution in [2.45, 2.75) is 32.5 Å². The fourth-order valence-corrected chi connectivity index (χ4v) is 5.69. The summed E-state index contributed by atoms with van der Waals surface area (Å²) >= 11 is 0. The fraction of sp³-hybridized carbons (Fsp3) is 0.560. The number of halogens is 3. The minimum absolute atomic E-state index is 0.147. The van der Waals surface area contributed by atoms with Crippen LogP contribution in [0, 0.1) is 11.8 Å². The Morgan fingerprint density at radius 3 is 2.36 bits per heavy atom. The van der Waals surface area contributed by atoms with Crippen LogP contribution in [-0.2, 0) is 17.5 Å². The number of rotatable bonds is 4. The van der Waals surface area contributed by atoms with Crippen LogP contribution < -0.4 is 9.80 Å². The highest BCUT2D eigenvalue weighted by Crippen LogP contribution is 2.37. The average Bonchev–Trinajstić information content (AvgIpc) is 3.61. The summed E-state index contributed by atoms with van der Waals surface area (Å²) in [5, 5.41) is 4.13. The van der Waals surface area contributed by atoms with Gasteiger partial charge in [-0.2, -0.15) is 23.0 Å². The predicted molar refractivity (Wildman–Crippen MR) is 129 cm³/mol. The van der Waals surface area contributed by atoms with E-state index in [-0.39, 0.29) is 23.8 Å². The Balaban J connectivity index is 1.24. The molecule has 4 heterocycles. The van der Waals surface area contributed by atoms with Gasteiger partial charge in [0.25, 0.3) is 0 Å². The minimum atomic E-state index is -4.37. The minimum Gasteiger partial charge on any atom is -0.371 e. The Morgan fingerprint density at radius 2 is 1.75 bits per heavy atom. The number of amides is 2. The molecule has 3 aliphatic rings. The number of hydrogen-bond acceptors (Lipinski definition) is 5. The van der Waals surface area contributed by atoms with Crippen molar-refractivity contribution in [1.82, 2.24) is 19.6 Å². The number of carbonyl (C=O) groups excluding carboxylic acids is 2. The molecule has 1 aromatic heterocycles. The van der Waals surface area contributed by atoms with E-state index in [1.807, 2.05) is 0 Å². The molecule has 0 bridgehead atoms. The second kappa shape index (κ2) is 9.42. The fourth-order valence-electron chi connectivity index (χ4n) is 5.69. The van der Waals surface area contributed by atoms with Crippen molar-refractivity contribution in [3.05, 3.63) is 41.7 Å². The predicted octanol–water partition coefficient (Wildman–Crippen LogP) is 3.52. The third kappa shape index (κ3) is 4.80. The maximum absolute atomic E-state index is 13.4. The molecule has 0 radical (unpaired) electrons. The van der Waals surface area contributed by atoms with Gasteiger partial charge in [0.2, 0.25) is 5.91 Å². The molecule has 3 saturated heterocycles. The molecule has 2 unspecified atom stereocenters. The van der Waals surface area contributed by atoms with E-state index in [4.69, 9.17) is 0 Å². The number of likely N-dealkylation sites (tertiary alicyclic amines) is 2. The molecule has 36 heavy (non-hydrogen) atoms. The lowest BCUT2D eigenvalue weighted by atomic mass is 10.0. The lowest BCUT2D eigenvalue weighted by Crippen LogP contribution is -2.36. The number of benzene rings is 1. The molecule has 0 spiro atoms. The molecule has 2 amide bonds. The lowest BCUT2D eigenvalue weighted by molar-refractivity contribution is -0.137. The normalized spacial score (nSPS) is 22.4. The van der Waals surface area contributed by atoms with Crippen LogP contribution in [-0.4, -0.2) is 77.8 Å². The highest BCUT2D eigenvalue weighted by Gasteiger charge is 2.42. The summed E-state index contributed by atoms with van der Waals surface area (Å²) in [5.74, 6) is 0.390. The van der Waals surface area contributed by atoms with E-state index in [0.29, 0.717) is 25.3 Å². The Labute approximate surface area is 208 Å². The first-order chi connectivity index (χ1) is 17.1. The van der Waals surface area contributed by atoms with E-state index >= 15 is 0 Å². The van der Waals surface area contributed by atoms with E-state index in [0.717, 1.165) is 50.3 Å². The van der Waals surface area contributed by atoms with Gasteiger partial charge < -0.3 is 14.7 Å². The second-order valence-corrected chi connectivity index (χ2v) is 10.2. The maximum atomic E-state index is 13.4. The largest absolute Gasteiger partial charge is 0.416 e. The average molecular weight is 505 g/mol. The Morgan fingerprint density at radius 1 is 1.08 bits per heavy atom. The van der Waals surface area contributed by atoms with Gasteiger partial charge in [-0.05, 0) is 48.4 Å². The van der Waals surface area contributed by atoms with Crippen molar-refractivity contribution in [2.24, 2.45) is 11.8 Å². The summed E-state index contributed by atoms with van der Waals surface area (Å²) in [6, 6.07) is 3.90. The molecule has 0 N–H and O–H groups in total. The van der Waals surface area contributed by atoms with Crippen LogP contribution in [0.1, 0.15) is 30.9 Å². The van der Waals surface area contributed by atoms with E-state index in [1.54, 1.807) is 24.2 Å². The quantitative estimate of drug-likeness (QED) is 0.638. The molecule has 11 heteroatoms. The van der Waals surface area contributed by atoms with Gasteiger partial charge in [-0.25, -0.2) is 4.79 Å². The monoisotopic (exact) mass is 504 g/mol. The van der Waals surface area contributed by atoms with Crippen molar-refractivity contribution >= 4 is 23.3 Å². The number of aromatic nitrogens is 2. The van der Waals surface area contributed by atoms with Gasteiger partial charge in [0, 0.05) is 65.5 Å². The molecular formula is C25H31F3N6O2. The van der Waals surface area contributed by atoms with Crippen LogP contribution in [0.15, 0.2) is 30.6 Å². The third-order valence-electron chi connectivity index (χ3n) is 7.70. The van der Waals surface area contributed by atoms with Crippen LogP contribution in [0.3, 0.4) is 0 Å². The third-order valence-corrected chi connectivity index (χ3v) is 7.70. The molecule has 0 aliphatic carbocycles. The standard InChI is InChI=1S/C25H31F3N6O2/c1-17(35)30(2)22-10-29-34(16-22)24(36)33-14-19-12-31(13-20(19)15-33)11-18-9-21(25(26,27)28)5-6-23(18)32-7-3-4-8-32/h5-6,9-10,16,19-20H,3-4,7-8,11-15H2,1-2H3. The van der Waals surface area contributed by atoms with Gasteiger partial charge in [0.1, 0.15) is 0 Å².